The van der Waals surface area contributed by atoms with Crippen molar-refractivity contribution in [1.82, 2.24) is 30.1 Å². The number of amides is 2. The third-order valence-electron chi connectivity index (χ3n) is 8.22. The van der Waals surface area contributed by atoms with Crippen LogP contribution < -0.4 is 26.4 Å². The Morgan fingerprint density at radius 3 is 2.38 bits per heavy atom. The van der Waals surface area contributed by atoms with Crippen LogP contribution >= 0.6 is 0 Å². The Morgan fingerprint density at radius 1 is 1.02 bits per heavy atom. The number of fused-ring (bicyclic) bond motifs is 1. The molecule has 3 aromatic rings. The van der Waals surface area contributed by atoms with E-state index in [1.807, 2.05) is 12.1 Å². The number of hydrogen-bond donors (Lipinski definition) is 3. The fourth-order valence-corrected chi connectivity index (χ4v) is 5.73. The van der Waals surface area contributed by atoms with Gasteiger partial charge in [0, 0.05) is 87.4 Å². The maximum absolute atomic E-state index is 13.3. The van der Waals surface area contributed by atoms with Gasteiger partial charge in [-0.2, -0.15) is 4.98 Å². The van der Waals surface area contributed by atoms with E-state index in [9.17, 15) is 14.4 Å². The lowest BCUT2D eigenvalue weighted by Crippen LogP contribution is -2.44. The molecule has 1 aliphatic heterocycles. The molecule has 0 unspecified atom stereocenters. The lowest BCUT2D eigenvalue weighted by molar-refractivity contribution is -0.126. The molecule has 3 heterocycles. The maximum atomic E-state index is 13.3. The molecule has 11 heteroatoms. The Kier molecular flexibility index (Phi) is 9.03. The molecule has 1 aliphatic carbocycles. The summed E-state index contributed by atoms with van der Waals surface area (Å²) in [7, 11) is 3.70. The van der Waals surface area contributed by atoms with Crippen molar-refractivity contribution >= 4 is 40.2 Å². The third kappa shape index (κ3) is 6.71. The van der Waals surface area contributed by atoms with Crippen molar-refractivity contribution in [2.24, 2.45) is 0 Å². The predicted octanol–water partition coefficient (Wildman–Crippen LogP) is 2.39. The average Bonchev–Trinajstić information content (AvgIpc) is 3.01. The average molecular weight is 571 g/mol. The van der Waals surface area contributed by atoms with Crippen molar-refractivity contribution < 1.29 is 9.59 Å². The van der Waals surface area contributed by atoms with Gasteiger partial charge in [0.05, 0.1) is 5.39 Å². The molecular formula is C31H38N8O3. The van der Waals surface area contributed by atoms with Crippen molar-refractivity contribution in [3.05, 3.63) is 52.4 Å². The molecule has 0 bridgehead atoms. The van der Waals surface area contributed by atoms with E-state index < -0.39 is 0 Å². The Balaban J connectivity index is 1.31. The number of likely N-dealkylation sites (N-methyl/N-ethyl adjacent to an activating group) is 1. The molecule has 1 saturated carbocycles. The summed E-state index contributed by atoms with van der Waals surface area (Å²) < 4.78 is 1.73. The van der Waals surface area contributed by atoms with E-state index in [0.717, 1.165) is 44.7 Å². The Hall–Kier alpha value is -4.43. The normalized spacial score (nSPS) is 19.2. The minimum atomic E-state index is -0.199. The zero-order valence-electron chi connectivity index (χ0n) is 24.2. The Bertz CT molecular complexity index is 1530. The van der Waals surface area contributed by atoms with E-state index in [2.05, 4.69) is 55.8 Å². The highest BCUT2D eigenvalue weighted by Crippen LogP contribution is 2.31. The molecule has 3 N–H and O–H groups in total. The molecule has 2 fully saturated rings. The first-order chi connectivity index (χ1) is 20.3. The predicted molar refractivity (Wildman–Crippen MR) is 164 cm³/mol. The highest BCUT2D eigenvalue weighted by molar-refractivity contribution is 5.84. The maximum Gasteiger partial charge on any atom is 0.253 e. The Labute approximate surface area is 245 Å². The van der Waals surface area contributed by atoms with Crippen LogP contribution in [0.5, 0.6) is 0 Å². The molecule has 0 atom stereocenters. The van der Waals surface area contributed by atoms with Crippen molar-refractivity contribution in [3.63, 3.8) is 0 Å². The molecular weight excluding hydrogens is 532 g/mol. The summed E-state index contributed by atoms with van der Waals surface area (Å²) in [5.74, 6) is 2.69. The van der Waals surface area contributed by atoms with Crippen LogP contribution in [-0.2, 0) is 9.59 Å². The monoisotopic (exact) mass is 570 g/mol. The summed E-state index contributed by atoms with van der Waals surface area (Å²) in [4.78, 5) is 51.0. The molecule has 2 aromatic heterocycles. The number of pyridine rings is 1. The number of terminal acetylenes is 1. The molecule has 0 spiro atoms. The van der Waals surface area contributed by atoms with E-state index in [1.165, 1.54) is 11.8 Å². The lowest BCUT2D eigenvalue weighted by Gasteiger charge is -2.34. The molecule has 5 rings (SSSR count). The lowest BCUT2D eigenvalue weighted by atomic mass is 9.90. The highest BCUT2D eigenvalue weighted by atomic mass is 16.2. The van der Waals surface area contributed by atoms with Gasteiger partial charge in [0.15, 0.2) is 0 Å². The van der Waals surface area contributed by atoms with Crippen molar-refractivity contribution in [2.45, 2.75) is 50.6 Å². The SMILES string of the molecule is C#Cc1cc(=O)n(C2CCC(NC(=O)CCC(=O)NC)CC2)c2nc(Nc3ccc(N4CCN(C)CC4)cc3)ncc12. The third-order valence-corrected chi connectivity index (χ3v) is 8.22. The molecule has 2 amide bonds. The van der Waals surface area contributed by atoms with Crippen LogP contribution in [0.1, 0.15) is 50.1 Å². The zero-order chi connectivity index (χ0) is 29.6. The number of hydrogen-bond acceptors (Lipinski definition) is 8. The number of nitrogens with zero attached hydrogens (tertiary/aromatic N) is 5. The van der Waals surface area contributed by atoms with Gasteiger partial charge >= 0.3 is 0 Å². The van der Waals surface area contributed by atoms with Gasteiger partial charge in [0.25, 0.3) is 5.56 Å². The summed E-state index contributed by atoms with van der Waals surface area (Å²) in [5, 5.41) is 9.49. The fraction of sp³-hybridized carbons (Fsp3) is 0.452. The van der Waals surface area contributed by atoms with E-state index >= 15 is 0 Å². The molecule has 220 valence electrons. The number of anilines is 3. The number of nitrogens with one attached hydrogen (secondary N) is 3. The van der Waals surface area contributed by atoms with E-state index in [4.69, 9.17) is 11.4 Å². The standard InChI is InChI=1S/C31H38N8O3/c1-4-21-19-29(42)39(25-11-7-22(8-12-25)34-28(41)14-13-27(40)32-2)30-26(21)20-33-31(36-30)35-23-5-9-24(10-6-23)38-17-15-37(3)16-18-38/h1,5-6,9-10,19-20,22,25H,7-8,11-18H2,2-3H3,(H,32,40)(H,34,41)(H,33,35,36). The van der Waals surface area contributed by atoms with Crippen molar-refractivity contribution in [3.8, 4) is 12.3 Å². The molecule has 42 heavy (non-hydrogen) atoms. The van der Waals surface area contributed by atoms with Crippen molar-refractivity contribution in [1.29, 1.82) is 0 Å². The highest BCUT2D eigenvalue weighted by Gasteiger charge is 2.26. The molecule has 1 aromatic carbocycles. The van der Waals surface area contributed by atoms with Crippen LogP contribution in [0.15, 0.2) is 41.3 Å². The summed E-state index contributed by atoms with van der Waals surface area (Å²) >= 11 is 0. The van der Waals surface area contributed by atoms with Crippen LogP contribution in [0.2, 0.25) is 0 Å². The van der Waals surface area contributed by atoms with Gasteiger partial charge in [0.2, 0.25) is 17.8 Å². The molecule has 11 nitrogen and oxygen atoms in total. The topological polar surface area (TPSA) is 124 Å². The number of carbonyl (C=O) groups excluding carboxylic acids is 2. The molecule has 1 saturated heterocycles. The molecule has 0 radical (unpaired) electrons. The summed E-state index contributed by atoms with van der Waals surface area (Å²) in [6.45, 7) is 4.08. The minimum absolute atomic E-state index is 0.00561. The first kappa shape index (κ1) is 29.1. The van der Waals surface area contributed by atoms with Gasteiger partial charge in [-0.05, 0) is 57.0 Å². The van der Waals surface area contributed by atoms with E-state index in [0.29, 0.717) is 35.4 Å². The summed E-state index contributed by atoms with van der Waals surface area (Å²) in [6.07, 6.45) is 10.6. The van der Waals surface area contributed by atoms with Crippen LogP contribution in [0.3, 0.4) is 0 Å². The van der Waals surface area contributed by atoms with Gasteiger partial charge in [-0.3, -0.25) is 19.0 Å². The largest absolute Gasteiger partial charge is 0.369 e. The first-order valence-electron chi connectivity index (χ1n) is 14.5. The second-order valence-corrected chi connectivity index (χ2v) is 11.0. The summed E-state index contributed by atoms with van der Waals surface area (Å²) in [5.41, 5.74) is 2.79. The fourth-order valence-electron chi connectivity index (χ4n) is 5.73. The first-order valence-corrected chi connectivity index (χ1v) is 14.5. The second-order valence-electron chi connectivity index (χ2n) is 11.0. The van der Waals surface area contributed by atoms with Gasteiger partial charge in [-0.15, -0.1) is 6.42 Å². The quantitative estimate of drug-likeness (QED) is 0.353. The number of benzene rings is 1. The van der Waals surface area contributed by atoms with Crippen LogP contribution in [0.25, 0.3) is 11.0 Å². The smallest absolute Gasteiger partial charge is 0.253 e. The van der Waals surface area contributed by atoms with Gasteiger partial charge < -0.3 is 25.8 Å². The van der Waals surface area contributed by atoms with Crippen LogP contribution in [0.4, 0.5) is 17.3 Å². The number of aromatic nitrogens is 3. The second kappa shape index (κ2) is 13.0. The number of rotatable bonds is 8. The van der Waals surface area contributed by atoms with Crippen molar-refractivity contribution in [2.75, 3.05) is 50.5 Å². The van der Waals surface area contributed by atoms with Gasteiger partial charge in [-0.1, -0.05) is 5.92 Å². The van der Waals surface area contributed by atoms with Gasteiger partial charge in [0.1, 0.15) is 5.65 Å². The number of carbonyl (C=O) groups is 2. The Morgan fingerprint density at radius 2 is 1.71 bits per heavy atom. The van der Waals surface area contributed by atoms with E-state index in [1.54, 1.807) is 17.8 Å². The van der Waals surface area contributed by atoms with Crippen LogP contribution in [-0.4, -0.2) is 77.6 Å². The zero-order valence-corrected chi connectivity index (χ0v) is 24.2. The van der Waals surface area contributed by atoms with E-state index in [-0.39, 0.29) is 42.3 Å². The minimum Gasteiger partial charge on any atom is -0.369 e. The summed E-state index contributed by atoms with van der Waals surface area (Å²) in [6, 6.07) is 9.60. The number of piperazine rings is 1. The molecule has 2 aliphatic rings. The van der Waals surface area contributed by atoms with Crippen LogP contribution in [0, 0.1) is 12.3 Å². The van der Waals surface area contributed by atoms with Gasteiger partial charge in [-0.25, -0.2) is 4.98 Å².